The lowest BCUT2D eigenvalue weighted by molar-refractivity contribution is -0.118. The third-order valence-electron chi connectivity index (χ3n) is 4.48. The molecule has 23 heavy (non-hydrogen) atoms. The SMILES string of the molecule is Cc1cccc(N2C(=NC(=O)C3CC3)SC3CS(=O)(=O)CC32)c1. The van der Waals surface area contributed by atoms with Crippen molar-refractivity contribution in [3.05, 3.63) is 29.8 Å². The Bertz CT molecular complexity index is 799. The zero-order valence-corrected chi connectivity index (χ0v) is 14.4. The number of rotatable bonds is 2. The van der Waals surface area contributed by atoms with Crippen LogP contribution in [0.25, 0.3) is 0 Å². The van der Waals surface area contributed by atoms with Gasteiger partial charge in [-0.3, -0.25) is 4.79 Å². The van der Waals surface area contributed by atoms with Crippen LogP contribution < -0.4 is 4.90 Å². The van der Waals surface area contributed by atoms with Crippen molar-refractivity contribution in [1.82, 2.24) is 0 Å². The Kier molecular flexibility index (Phi) is 3.53. The first kappa shape index (κ1) is 15.2. The summed E-state index contributed by atoms with van der Waals surface area (Å²) in [6.07, 6.45) is 1.85. The molecule has 3 fully saturated rings. The summed E-state index contributed by atoms with van der Waals surface area (Å²) in [6.45, 7) is 2.00. The maximum absolute atomic E-state index is 12.1. The molecule has 1 amide bonds. The lowest BCUT2D eigenvalue weighted by atomic mass is 10.1. The van der Waals surface area contributed by atoms with E-state index in [4.69, 9.17) is 0 Å². The molecule has 0 radical (unpaired) electrons. The van der Waals surface area contributed by atoms with Crippen molar-refractivity contribution in [3.63, 3.8) is 0 Å². The van der Waals surface area contributed by atoms with Gasteiger partial charge in [-0.05, 0) is 37.5 Å². The highest BCUT2D eigenvalue weighted by atomic mass is 32.2. The molecule has 122 valence electrons. The zero-order valence-electron chi connectivity index (χ0n) is 12.8. The highest BCUT2D eigenvalue weighted by Crippen LogP contribution is 2.41. The quantitative estimate of drug-likeness (QED) is 0.816. The van der Waals surface area contributed by atoms with Crippen molar-refractivity contribution in [1.29, 1.82) is 0 Å². The molecule has 2 atom stereocenters. The second-order valence-corrected chi connectivity index (χ2v) is 9.88. The standard InChI is InChI=1S/C16H18N2O3S2/c1-10-3-2-4-12(7-10)18-13-8-23(20,21)9-14(13)22-16(18)17-15(19)11-5-6-11/h2-4,7,11,13-14H,5-6,8-9H2,1H3. The van der Waals surface area contributed by atoms with E-state index in [0.29, 0.717) is 5.17 Å². The van der Waals surface area contributed by atoms with Crippen LogP contribution in [0.2, 0.25) is 0 Å². The molecule has 5 nitrogen and oxygen atoms in total. The Morgan fingerprint density at radius 1 is 1.30 bits per heavy atom. The summed E-state index contributed by atoms with van der Waals surface area (Å²) in [5.41, 5.74) is 2.02. The Morgan fingerprint density at radius 2 is 2.09 bits per heavy atom. The van der Waals surface area contributed by atoms with Crippen LogP contribution in [-0.2, 0) is 14.6 Å². The van der Waals surface area contributed by atoms with Gasteiger partial charge in [0, 0.05) is 16.9 Å². The molecule has 1 saturated carbocycles. The number of anilines is 1. The van der Waals surface area contributed by atoms with E-state index in [0.717, 1.165) is 24.1 Å². The Hall–Kier alpha value is -1.34. The number of hydrogen-bond donors (Lipinski definition) is 0. The molecule has 2 aliphatic heterocycles. The summed E-state index contributed by atoms with van der Waals surface area (Å²) in [7, 11) is -3.01. The van der Waals surface area contributed by atoms with E-state index in [1.807, 2.05) is 36.1 Å². The van der Waals surface area contributed by atoms with Crippen LogP contribution in [0, 0.1) is 12.8 Å². The van der Waals surface area contributed by atoms with E-state index in [-0.39, 0.29) is 34.6 Å². The van der Waals surface area contributed by atoms with Gasteiger partial charge in [-0.2, -0.15) is 4.99 Å². The largest absolute Gasteiger partial charge is 0.316 e. The van der Waals surface area contributed by atoms with Gasteiger partial charge in [-0.25, -0.2) is 8.42 Å². The number of thioether (sulfide) groups is 1. The van der Waals surface area contributed by atoms with Gasteiger partial charge < -0.3 is 4.90 Å². The number of carbonyl (C=O) groups excluding carboxylic acids is 1. The smallest absolute Gasteiger partial charge is 0.251 e. The average Bonchev–Trinajstić information content (AvgIpc) is 3.20. The molecule has 2 heterocycles. The van der Waals surface area contributed by atoms with Gasteiger partial charge in [-0.15, -0.1) is 0 Å². The van der Waals surface area contributed by atoms with E-state index in [1.165, 1.54) is 11.8 Å². The second-order valence-electron chi connectivity index (χ2n) is 6.52. The van der Waals surface area contributed by atoms with E-state index >= 15 is 0 Å². The van der Waals surface area contributed by atoms with Gasteiger partial charge in [0.25, 0.3) is 5.91 Å². The molecule has 0 bridgehead atoms. The molecule has 4 rings (SSSR count). The molecule has 2 saturated heterocycles. The number of amides is 1. The Labute approximate surface area is 140 Å². The topological polar surface area (TPSA) is 66.8 Å². The maximum Gasteiger partial charge on any atom is 0.251 e. The molecule has 1 aromatic rings. The highest BCUT2D eigenvalue weighted by molar-refractivity contribution is 8.16. The molecular formula is C16H18N2O3S2. The third-order valence-corrected chi connectivity index (χ3v) is 7.69. The van der Waals surface area contributed by atoms with Crippen molar-refractivity contribution in [2.24, 2.45) is 10.9 Å². The average molecular weight is 350 g/mol. The summed E-state index contributed by atoms with van der Waals surface area (Å²) < 4.78 is 24.0. The number of aliphatic imine (C=N–C) groups is 1. The number of sulfone groups is 1. The maximum atomic E-state index is 12.1. The second kappa shape index (κ2) is 5.34. The molecule has 0 spiro atoms. The Balaban J connectivity index is 1.73. The first-order chi connectivity index (χ1) is 10.9. The van der Waals surface area contributed by atoms with E-state index in [9.17, 15) is 13.2 Å². The molecule has 1 aliphatic carbocycles. The normalized spacial score (nSPS) is 30.7. The molecule has 7 heteroatoms. The van der Waals surface area contributed by atoms with Crippen molar-refractivity contribution >= 4 is 38.4 Å². The fourth-order valence-corrected chi connectivity index (χ4v) is 7.08. The predicted molar refractivity (Wildman–Crippen MR) is 92.6 cm³/mol. The predicted octanol–water partition coefficient (Wildman–Crippen LogP) is 2.01. The molecule has 0 aromatic heterocycles. The van der Waals surface area contributed by atoms with Crippen LogP contribution in [0.15, 0.2) is 29.3 Å². The molecule has 3 aliphatic rings. The monoisotopic (exact) mass is 350 g/mol. The molecule has 0 N–H and O–H groups in total. The van der Waals surface area contributed by atoms with Crippen molar-refractivity contribution in [2.45, 2.75) is 31.1 Å². The van der Waals surface area contributed by atoms with Gasteiger partial charge in [0.15, 0.2) is 15.0 Å². The minimum atomic E-state index is -3.01. The molecular weight excluding hydrogens is 332 g/mol. The summed E-state index contributed by atoms with van der Waals surface area (Å²) in [6, 6.07) is 7.80. The van der Waals surface area contributed by atoms with Crippen molar-refractivity contribution < 1.29 is 13.2 Å². The number of fused-ring (bicyclic) bond motifs is 1. The molecule has 1 aromatic carbocycles. The summed E-state index contributed by atoms with van der Waals surface area (Å²) in [5, 5.41) is 0.628. The Morgan fingerprint density at radius 3 is 2.78 bits per heavy atom. The minimum absolute atomic E-state index is 0.0359. The van der Waals surface area contributed by atoms with Gasteiger partial charge in [0.05, 0.1) is 17.5 Å². The first-order valence-corrected chi connectivity index (χ1v) is 10.5. The van der Waals surface area contributed by atoms with Gasteiger partial charge in [0.2, 0.25) is 0 Å². The zero-order chi connectivity index (χ0) is 16.2. The van der Waals surface area contributed by atoms with Crippen LogP contribution in [0.1, 0.15) is 18.4 Å². The fourth-order valence-electron chi connectivity index (χ4n) is 3.16. The lowest BCUT2D eigenvalue weighted by Gasteiger charge is -2.24. The number of hydrogen-bond acceptors (Lipinski definition) is 4. The number of amidine groups is 1. The number of carbonyl (C=O) groups is 1. The highest BCUT2D eigenvalue weighted by Gasteiger charge is 2.49. The number of nitrogens with zero attached hydrogens (tertiary/aromatic N) is 2. The van der Waals surface area contributed by atoms with Crippen LogP contribution in [0.4, 0.5) is 5.69 Å². The van der Waals surface area contributed by atoms with Gasteiger partial charge in [0.1, 0.15) is 0 Å². The van der Waals surface area contributed by atoms with E-state index in [2.05, 4.69) is 4.99 Å². The van der Waals surface area contributed by atoms with Gasteiger partial charge in [-0.1, -0.05) is 23.9 Å². The van der Waals surface area contributed by atoms with Gasteiger partial charge >= 0.3 is 0 Å². The summed E-state index contributed by atoms with van der Waals surface area (Å²) in [5.74, 6) is 0.316. The lowest BCUT2D eigenvalue weighted by Crippen LogP contribution is -2.37. The first-order valence-electron chi connectivity index (χ1n) is 7.78. The van der Waals surface area contributed by atoms with E-state index < -0.39 is 9.84 Å². The van der Waals surface area contributed by atoms with Crippen LogP contribution >= 0.6 is 11.8 Å². The third kappa shape index (κ3) is 2.92. The summed E-state index contributed by atoms with van der Waals surface area (Å²) in [4.78, 5) is 18.4. The number of aryl methyl sites for hydroxylation is 1. The summed E-state index contributed by atoms with van der Waals surface area (Å²) >= 11 is 1.44. The fraction of sp³-hybridized carbons (Fsp3) is 0.500. The van der Waals surface area contributed by atoms with E-state index in [1.54, 1.807) is 0 Å². The van der Waals surface area contributed by atoms with Crippen LogP contribution in [0.3, 0.4) is 0 Å². The van der Waals surface area contributed by atoms with Crippen LogP contribution in [0.5, 0.6) is 0 Å². The van der Waals surface area contributed by atoms with Crippen molar-refractivity contribution in [3.8, 4) is 0 Å². The minimum Gasteiger partial charge on any atom is -0.316 e. The molecule has 2 unspecified atom stereocenters. The number of benzene rings is 1. The van der Waals surface area contributed by atoms with Crippen molar-refractivity contribution in [2.75, 3.05) is 16.4 Å². The van der Waals surface area contributed by atoms with Crippen LogP contribution in [-0.4, -0.2) is 42.3 Å².